The van der Waals surface area contributed by atoms with Gasteiger partial charge in [0, 0.05) is 0 Å². The molecule has 2 aromatic carbocycles. The van der Waals surface area contributed by atoms with Crippen LogP contribution >= 0.6 is 0 Å². The number of carbonyl (C=O) groups is 1. The van der Waals surface area contributed by atoms with Crippen LogP contribution in [0.2, 0.25) is 0 Å². The smallest absolute Gasteiger partial charge is 0.417 e. The molecule has 2 rings (SSSR count). The number of benzene rings is 2. The Morgan fingerprint density at radius 3 is 2.25 bits per heavy atom. The number of aromatic hydroxyl groups is 1. The van der Waals surface area contributed by atoms with E-state index < -0.39 is 23.2 Å². The number of rotatable bonds is 2. The van der Waals surface area contributed by atoms with Gasteiger partial charge in [-0.3, -0.25) is 4.79 Å². The largest absolute Gasteiger partial charge is 0.506 e. The molecule has 0 heterocycles. The Labute approximate surface area is 112 Å². The summed E-state index contributed by atoms with van der Waals surface area (Å²) < 4.78 is 38.4. The quantitative estimate of drug-likeness (QED) is 0.825. The molecule has 2 aromatic rings. The number of halogens is 3. The molecule has 0 aliphatic rings. The minimum atomic E-state index is -4.62. The number of para-hydroxylation sites is 2. The maximum absolute atomic E-state index is 12.8. The third-order valence-electron chi connectivity index (χ3n) is 2.63. The maximum Gasteiger partial charge on any atom is 0.417 e. The first-order valence-corrected chi connectivity index (χ1v) is 5.65. The SMILES string of the molecule is O=C(Nc1ccccc1O)c1ccccc1C(F)(F)F. The topological polar surface area (TPSA) is 49.3 Å². The monoisotopic (exact) mass is 281 g/mol. The Morgan fingerprint density at radius 2 is 1.60 bits per heavy atom. The minimum absolute atomic E-state index is 0.0504. The van der Waals surface area contributed by atoms with E-state index in [4.69, 9.17) is 0 Å². The highest BCUT2D eigenvalue weighted by Crippen LogP contribution is 2.32. The van der Waals surface area contributed by atoms with E-state index in [0.29, 0.717) is 0 Å². The van der Waals surface area contributed by atoms with Crippen molar-refractivity contribution in [1.82, 2.24) is 0 Å². The van der Waals surface area contributed by atoms with E-state index in [9.17, 15) is 23.1 Å². The van der Waals surface area contributed by atoms with Crippen LogP contribution in [0, 0.1) is 0 Å². The predicted molar refractivity (Wildman–Crippen MR) is 67.5 cm³/mol. The van der Waals surface area contributed by atoms with Crippen molar-refractivity contribution in [2.75, 3.05) is 5.32 Å². The van der Waals surface area contributed by atoms with Gasteiger partial charge in [-0.2, -0.15) is 13.2 Å². The molecule has 104 valence electrons. The lowest BCUT2D eigenvalue weighted by Crippen LogP contribution is -2.18. The van der Waals surface area contributed by atoms with Gasteiger partial charge in [0.1, 0.15) is 5.75 Å². The van der Waals surface area contributed by atoms with Crippen LogP contribution in [0.3, 0.4) is 0 Å². The molecule has 0 fully saturated rings. The lowest BCUT2D eigenvalue weighted by Gasteiger charge is -2.13. The molecule has 0 saturated carbocycles. The number of hydrogen-bond acceptors (Lipinski definition) is 2. The van der Waals surface area contributed by atoms with Gasteiger partial charge in [-0.05, 0) is 24.3 Å². The Kier molecular flexibility index (Phi) is 3.65. The van der Waals surface area contributed by atoms with Gasteiger partial charge in [0.05, 0.1) is 16.8 Å². The molecule has 0 aliphatic carbocycles. The fourth-order valence-corrected chi connectivity index (χ4v) is 1.70. The van der Waals surface area contributed by atoms with Crippen molar-refractivity contribution in [3.8, 4) is 5.75 Å². The molecule has 0 atom stereocenters. The molecule has 1 amide bonds. The molecule has 0 spiro atoms. The highest BCUT2D eigenvalue weighted by molar-refractivity contribution is 6.06. The molecular formula is C14H10F3NO2. The first kappa shape index (κ1) is 13.9. The molecule has 0 unspecified atom stereocenters. The van der Waals surface area contributed by atoms with Crippen LogP contribution in [0.25, 0.3) is 0 Å². The van der Waals surface area contributed by atoms with E-state index in [1.807, 2.05) is 0 Å². The standard InChI is InChI=1S/C14H10F3NO2/c15-14(16,17)10-6-2-1-5-9(10)13(20)18-11-7-3-4-8-12(11)19/h1-8,19H,(H,18,20). The summed E-state index contributed by atoms with van der Waals surface area (Å²) in [6.07, 6.45) is -4.62. The second-order valence-electron chi connectivity index (χ2n) is 4.01. The van der Waals surface area contributed by atoms with Crippen LogP contribution in [0.15, 0.2) is 48.5 Å². The third-order valence-corrected chi connectivity index (χ3v) is 2.63. The highest BCUT2D eigenvalue weighted by atomic mass is 19.4. The van der Waals surface area contributed by atoms with Crippen LogP contribution in [0.4, 0.5) is 18.9 Å². The van der Waals surface area contributed by atoms with Crippen molar-refractivity contribution in [3.05, 3.63) is 59.7 Å². The molecule has 0 bridgehead atoms. The molecule has 0 radical (unpaired) electrons. The minimum Gasteiger partial charge on any atom is -0.506 e. The van der Waals surface area contributed by atoms with E-state index in [1.165, 1.54) is 30.3 Å². The number of alkyl halides is 3. The van der Waals surface area contributed by atoms with Crippen LogP contribution in [-0.2, 0) is 6.18 Å². The van der Waals surface area contributed by atoms with Crippen molar-refractivity contribution in [2.45, 2.75) is 6.18 Å². The summed E-state index contributed by atoms with van der Waals surface area (Å²) in [5, 5.41) is 11.7. The van der Waals surface area contributed by atoms with Crippen LogP contribution < -0.4 is 5.32 Å². The van der Waals surface area contributed by atoms with Crippen molar-refractivity contribution in [3.63, 3.8) is 0 Å². The lowest BCUT2D eigenvalue weighted by molar-refractivity contribution is -0.137. The number of amides is 1. The fraction of sp³-hybridized carbons (Fsp3) is 0.0714. The van der Waals surface area contributed by atoms with E-state index in [0.717, 1.165) is 12.1 Å². The van der Waals surface area contributed by atoms with Crippen LogP contribution in [0.1, 0.15) is 15.9 Å². The zero-order chi connectivity index (χ0) is 14.8. The Morgan fingerprint density at radius 1 is 1.00 bits per heavy atom. The van der Waals surface area contributed by atoms with E-state index in [-0.39, 0.29) is 11.4 Å². The molecule has 0 aliphatic heterocycles. The maximum atomic E-state index is 12.8. The second-order valence-corrected chi connectivity index (χ2v) is 4.01. The summed E-state index contributed by atoms with van der Waals surface area (Å²) in [5.41, 5.74) is -1.47. The Bertz CT molecular complexity index is 638. The summed E-state index contributed by atoms with van der Waals surface area (Å²) in [6, 6.07) is 10.3. The van der Waals surface area contributed by atoms with Gasteiger partial charge in [0.25, 0.3) is 5.91 Å². The second kappa shape index (κ2) is 5.24. The van der Waals surface area contributed by atoms with Crippen LogP contribution in [0.5, 0.6) is 5.75 Å². The molecule has 3 nitrogen and oxygen atoms in total. The number of phenols is 1. The van der Waals surface area contributed by atoms with Crippen molar-refractivity contribution < 1.29 is 23.1 Å². The highest BCUT2D eigenvalue weighted by Gasteiger charge is 2.34. The number of anilines is 1. The van der Waals surface area contributed by atoms with Gasteiger partial charge in [-0.1, -0.05) is 24.3 Å². The zero-order valence-corrected chi connectivity index (χ0v) is 10.1. The molecule has 6 heteroatoms. The normalized spacial score (nSPS) is 11.2. The first-order chi connectivity index (χ1) is 9.39. The van der Waals surface area contributed by atoms with Gasteiger partial charge in [-0.15, -0.1) is 0 Å². The fourth-order valence-electron chi connectivity index (χ4n) is 1.70. The van der Waals surface area contributed by atoms with E-state index in [1.54, 1.807) is 6.07 Å². The summed E-state index contributed by atoms with van der Waals surface area (Å²) in [6.45, 7) is 0. The molecule has 0 saturated heterocycles. The van der Waals surface area contributed by atoms with Gasteiger partial charge in [0.2, 0.25) is 0 Å². The Balaban J connectivity index is 2.34. The number of nitrogens with one attached hydrogen (secondary N) is 1. The third kappa shape index (κ3) is 2.90. The van der Waals surface area contributed by atoms with Gasteiger partial charge in [-0.25, -0.2) is 0 Å². The molecule has 2 N–H and O–H groups in total. The van der Waals surface area contributed by atoms with Gasteiger partial charge >= 0.3 is 6.18 Å². The Hall–Kier alpha value is -2.50. The average Bonchev–Trinajstić information content (AvgIpc) is 2.40. The zero-order valence-electron chi connectivity index (χ0n) is 10.1. The van der Waals surface area contributed by atoms with Crippen molar-refractivity contribution in [1.29, 1.82) is 0 Å². The number of phenolic OH excluding ortho intramolecular Hbond substituents is 1. The number of carbonyl (C=O) groups excluding carboxylic acids is 1. The number of hydrogen-bond donors (Lipinski definition) is 2. The van der Waals surface area contributed by atoms with Crippen molar-refractivity contribution >= 4 is 11.6 Å². The van der Waals surface area contributed by atoms with Gasteiger partial charge in [0.15, 0.2) is 0 Å². The molecular weight excluding hydrogens is 271 g/mol. The first-order valence-electron chi connectivity index (χ1n) is 5.65. The van der Waals surface area contributed by atoms with Crippen molar-refractivity contribution in [2.24, 2.45) is 0 Å². The summed E-state index contributed by atoms with van der Waals surface area (Å²) in [5.74, 6) is -1.15. The summed E-state index contributed by atoms with van der Waals surface area (Å²) in [7, 11) is 0. The lowest BCUT2D eigenvalue weighted by atomic mass is 10.1. The molecule has 0 aromatic heterocycles. The summed E-state index contributed by atoms with van der Waals surface area (Å²) >= 11 is 0. The predicted octanol–water partition coefficient (Wildman–Crippen LogP) is 3.66. The summed E-state index contributed by atoms with van der Waals surface area (Å²) in [4.78, 5) is 11.9. The molecule has 20 heavy (non-hydrogen) atoms. The van der Waals surface area contributed by atoms with E-state index in [2.05, 4.69) is 5.32 Å². The van der Waals surface area contributed by atoms with Gasteiger partial charge < -0.3 is 10.4 Å². The average molecular weight is 281 g/mol. The van der Waals surface area contributed by atoms with E-state index >= 15 is 0 Å². The van der Waals surface area contributed by atoms with Crippen LogP contribution in [-0.4, -0.2) is 11.0 Å².